The second-order valence-electron chi connectivity index (χ2n) is 5.25. The average Bonchev–Trinajstić information content (AvgIpc) is 2.55. The van der Waals surface area contributed by atoms with E-state index in [0.717, 1.165) is 26.8 Å². The van der Waals surface area contributed by atoms with Gasteiger partial charge in [0, 0.05) is 16.4 Å². The van der Waals surface area contributed by atoms with Gasteiger partial charge in [0.25, 0.3) is 0 Å². The van der Waals surface area contributed by atoms with Crippen LogP contribution in [0.3, 0.4) is 0 Å². The van der Waals surface area contributed by atoms with Gasteiger partial charge >= 0.3 is 6.36 Å². The Morgan fingerprint density at radius 1 is 1.04 bits per heavy atom. The van der Waals surface area contributed by atoms with Crippen molar-refractivity contribution in [2.24, 2.45) is 0 Å². The lowest BCUT2D eigenvalue weighted by Gasteiger charge is -2.10. The van der Waals surface area contributed by atoms with E-state index >= 15 is 0 Å². The zero-order chi connectivity index (χ0) is 17.9. The Morgan fingerprint density at radius 2 is 1.80 bits per heavy atom. The monoisotopic (exact) mass is 411 g/mol. The van der Waals surface area contributed by atoms with E-state index in [2.05, 4.69) is 36.0 Å². The standard InChI is InChI=1S/C17H13BrF3N3O/c18-12-3-6-14-15(9-12)23-10-24-16(14)22-8-7-11-1-4-13(5-2-11)25-17(19,20)21/h1-6,9-10H,7-8H2,(H,22,23,24). The molecule has 1 aromatic heterocycles. The maximum atomic E-state index is 12.1. The van der Waals surface area contributed by atoms with Crippen molar-refractivity contribution in [3.05, 3.63) is 58.8 Å². The Bertz CT molecular complexity index is 869. The van der Waals surface area contributed by atoms with Gasteiger partial charge in [0.15, 0.2) is 0 Å². The molecule has 2 aromatic carbocycles. The molecule has 8 heteroatoms. The highest BCUT2D eigenvalue weighted by atomic mass is 79.9. The summed E-state index contributed by atoms with van der Waals surface area (Å²) in [7, 11) is 0. The lowest BCUT2D eigenvalue weighted by molar-refractivity contribution is -0.274. The highest BCUT2D eigenvalue weighted by molar-refractivity contribution is 9.10. The topological polar surface area (TPSA) is 47.0 Å². The van der Waals surface area contributed by atoms with Crippen LogP contribution in [0, 0.1) is 0 Å². The van der Waals surface area contributed by atoms with E-state index in [9.17, 15) is 13.2 Å². The molecule has 0 aliphatic rings. The Labute approximate surface area is 150 Å². The van der Waals surface area contributed by atoms with Crippen LogP contribution >= 0.6 is 15.9 Å². The molecule has 130 valence electrons. The van der Waals surface area contributed by atoms with Gasteiger partial charge in [-0.05, 0) is 42.3 Å². The Balaban J connectivity index is 1.62. The smallest absolute Gasteiger partial charge is 0.406 e. The van der Waals surface area contributed by atoms with Crippen LogP contribution < -0.4 is 10.1 Å². The first-order valence-corrected chi connectivity index (χ1v) is 8.19. The van der Waals surface area contributed by atoms with Gasteiger partial charge in [-0.2, -0.15) is 0 Å². The molecule has 0 radical (unpaired) electrons. The number of hydrogen-bond acceptors (Lipinski definition) is 4. The third-order valence-corrected chi connectivity index (χ3v) is 3.95. The van der Waals surface area contributed by atoms with Crippen molar-refractivity contribution < 1.29 is 17.9 Å². The minimum absolute atomic E-state index is 0.225. The first kappa shape index (κ1) is 17.5. The van der Waals surface area contributed by atoms with E-state index in [1.54, 1.807) is 12.1 Å². The van der Waals surface area contributed by atoms with Gasteiger partial charge in [-0.1, -0.05) is 28.1 Å². The number of aromatic nitrogens is 2. The van der Waals surface area contributed by atoms with Crippen molar-refractivity contribution in [3.63, 3.8) is 0 Å². The van der Waals surface area contributed by atoms with Gasteiger partial charge in [0.1, 0.15) is 17.9 Å². The summed E-state index contributed by atoms with van der Waals surface area (Å²) in [4.78, 5) is 8.46. The summed E-state index contributed by atoms with van der Waals surface area (Å²) in [5.74, 6) is 0.492. The molecule has 3 rings (SSSR count). The molecular formula is C17H13BrF3N3O. The molecule has 0 fully saturated rings. The predicted molar refractivity (Wildman–Crippen MR) is 92.6 cm³/mol. The van der Waals surface area contributed by atoms with Crippen LogP contribution in [0.1, 0.15) is 5.56 Å². The molecule has 0 unspecified atom stereocenters. The van der Waals surface area contributed by atoms with Crippen molar-refractivity contribution >= 4 is 32.7 Å². The second-order valence-corrected chi connectivity index (χ2v) is 6.17. The maximum Gasteiger partial charge on any atom is 0.573 e. The van der Waals surface area contributed by atoms with Crippen LogP contribution in [0.4, 0.5) is 19.0 Å². The molecular weight excluding hydrogens is 399 g/mol. The molecule has 0 aliphatic carbocycles. The lowest BCUT2D eigenvalue weighted by atomic mass is 10.1. The SMILES string of the molecule is FC(F)(F)Oc1ccc(CCNc2ncnc3cc(Br)ccc23)cc1. The number of ether oxygens (including phenoxy) is 1. The molecule has 0 spiro atoms. The van der Waals surface area contributed by atoms with Crippen LogP contribution in [0.25, 0.3) is 10.9 Å². The van der Waals surface area contributed by atoms with Crippen LogP contribution in [0.5, 0.6) is 5.75 Å². The van der Waals surface area contributed by atoms with E-state index in [1.165, 1.54) is 18.5 Å². The fourth-order valence-electron chi connectivity index (χ4n) is 2.35. The van der Waals surface area contributed by atoms with E-state index in [1.807, 2.05) is 18.2 Å². The van der Waals surface area contributed by atoms with Gasteiger partial charge in [0.05, 0.1) is 5.52 Å². The van der Waals surface area contributed by atoms with E-state index in [0.29, 0.717) is 13.0 Å². The second kappa shape index (κ2) is 7.26. The number of anilines is 1. The zero-order valence-corrected chi connectivity index (χ0v) is 14.4. The molecule has 0 aliphatic heterocycles. The molecule has 0 saturated carbocycles. The van der Waals surface area contributed by atoms with E-state index in [-0.39, 0.29) is 5.75 Å². The summed E-state index contributed by atoms with van der Waals surface area (Å²) in [5, 5.41) is 4.13. The zero-order valence-electron chi connectivity index (χ0n) is 12.8. The summed E-state index contributed by atoms with van der Waals surface area (Å²) < 4.78 is 41.2. The van der Waals surface area contributed by atoms with Gasteiger partial charge in [-0.25, -0.2) is 9.97 Å². The number of alkyl halides is 3. The van der Waals surface area contributed by atoms with Crippen molar-refractivity contribution in [3.8, 4) is 5.75 Å². The third-order valence-electron chi connectivity index (χ3n) is 3.46. The number of nitrogens with one attached hydrogen (secondary N) is 1. The maximum absolute atomic E-state index is 12.1. The van der Waals surface area contributed by atoms with Gasteiger partial charge in [-0.15, -0.1) is 13.2 Å². The van der Waals surface area contributed by atoms with Crippen molar-refractivity contribution in [2.75, 3.05) is 11.9 Å². The molecule has 1 N–H and O–H groups in total. The number of rotatable bonds is 5. The van der Waals surface area contributed by atoms with Crippen LogP contribution in [0.2, 0.25) is 0 Å². The number of halogens is 4. The van der Waals surface area contributed by atoms with Crippen LogP contribution in [0.15, 0.2) is 53.3 Å². The molecule has 1 heterocycles. The third kappa shape index (κ3) is 4.82. The molecule has 4 nitrogen and oxygen atoms in total. The van der Waals surface area contributed by atoms with Crippen molar-refractivity contribution in [1.29, 1.82) is 0 Å². The van der Waals surface area contributed by atoms with Crippen LogP contribution in [-0.4, -0.2) is 22.9 Å². The lowest BCUT2D eigenvalue weighted by Crippen LogP contribution is -2.17. The molecule has 25 heavy (non-hydrogen) atoms. The number of nitrogens with zero attached hydrogens (tertiary/aromatic N) is 2. The minimum Gasteiger partial charge on any atom is -0.406 e. The van der Waals surface area contributed by atoms with Crippen LogP contribution in [-0.2, 0) is 6.42 Å². The Kier molecular flexibility index (Phi) is 5.08. The van der Waals surface area contributed by atoms with Gasteiger partial charge in [-0.3, -0.25) is 0 Å². The number of benzene rings is 2. The Morgan fingerprint density at radius 3 is 2.52 bits per heavy atom. The predicted octanol–water partition coefficient (Wildman–Crippen LogP) is 4.95. The van der Waals surface area contributed by atoms with E-state index < -0.39 is 6.36 Å². The summed E-state index contributed by atoms with van der Waals surface area (Å²) in [5.41, 5.74) is 1.71. The van der Waals surface area contributed by atoms with Gasteiger partial charge < -0.3 is 10.1 Å². The number of hydrogen-bond donors (Lipinski definition) is 1. The summed E-state index contributed by atoms with van der Waals surface area (Å²) in [6, 6.07) is 11.6. The summed E-state index contributed by atoms with van der Waals surface area (Å²) >= 11 is 3.40. The normalized spacial score (nSPS) is 11.5. The first-order chi connectivity index (χ1) is 11.9. The minimum atomic E-state index is -4.67. The molecule has 0 saturated heterocycles. The molecule has 0 bridgehead atoms. The molecule has 3 aromatic rings. The highest BCUT2D eigenvalue weighted by Gasteiger charge is 2.30. The Hall–Kier alpha value is -2.35. The first-order valence-electron chi connectivity index (χ1n) is 7.39. The fourth-order valence-corrected chi connectivity index (χ4v) is 2.70. The van der Waals surface area contributed by atoms with Crippen molar-refractivity contribution in [1.82, 2.24) is 9.97 Å². The summed E-state index contributed by atoms with van der Waals surface area (Å²) in [6.45, 7) is 0.585. The van der Waals surface area contributed by atoms with E-state index in [4.69, 9.17) is 0 Å². The number of fused-ring (bicyclic) bond motifs is 1. The average molecular weight is 412 g/mol. The fraction of sp³-hybridized carbons (Fsp3) is 0.176. The highest BCUT2D eigenvalue weighted by Crippen LogP contribution is 2.24. The largest absolute Gasteiger partial charge is 0.573 e. The quantitative estimate of drug-likeness (QED) is 0.645. The summed E-state index contributed by atoms with van der Waals surface area (Å²) in [6.07, 6.45) is -2.55. The molecule has 0 amide bonds. The van der Waals surface area contributed by atoms with Crippen molar-refractivity contribution in [2.45, 2.75) is 12.8 Å². The van der Waals surface area contributed by atoms with Gasteiger partial charge in [0.2, 0.25) is 0 Å². The molecule has 0 atom stereocenters.